The van der Waals surface area contributed by atoms with Gasteiger partial charge in [0, 0.05) is 19.3 Å². The van der Waals surface area contributed by atoms with Gasteiger partial charge in [-0.15, -0.1) is 11.8 Å². The molecular formula is C11H14N2OS. The van der Waals surface area contributed by atoms with Crippen LogP contribution in [0.1, 0.15) is 23.2 Å². The van der Waals surface area contributed by atoms with Crippen LogP contribution in [-0.4, -0.2) is 35.1 Å². The summed E-state index contributed by atoms with van der Waals surface area (Å²) in [7, 11) is 0. The van der Waals surface area contributed by atoms with Crippen LogP contribution in [0.3, 0.4) is 0 Å². The molecule has 0 unspecified atom stereocenters. The van der Waals surface area contributed by atoms with E-state index in [1.54, 1.807) is 18.0 Å². The number of aromatic nitrogens is 1. The molecule has 0 aliphatic carbocycles. The molecule has 1 aliphatic heterocycles. The fourth-order valence-electron chi connectivity index (χ4n) is 1.73. The highest BCUT2D eigenvalue weighted by Crippen LogP contribution is 2.15. The Morgan fingerprint density at radius 3 is 2.67 bits per heavy atom. The Kier molecular flexibility index (Phi) is 3.26. The molecule has 0 saturated carbocycles. The van der Waals surface area contributed by atoms with Crippen LogP contribution in [0.25, 0.3) is 0 Å². The molecule has 0 N–H and O–H groups in total. The van der Waals surface area contributed by atoms with Gasteiger partial charge in [0.05, 0.1) is 10.6 Å². The number of carbonyl (C=O) groups excluding carboxylic acids is 1. The van der Waals surface area contributed by atoms with Crippen LogP contribution in [0, 0.1) is 0 Å². The number of amides is 1. The summed E-state index contributed by atoms with van der Waals surface area (Å²) >= 11 is 1.59. The van der Waals surface area contributed by atoms with E-state index in [1.165, 1.54) is 0 Å². The first kappa shape index (κ1) is 10.5. The highest BCUT2D eigenvalue weighted by atomic mass is 32.2. The van der Waals surface area contributed by atoms with Crippen LogP contribution < -0.4 is 0 Å². The fourth-order valence-corrected chi connectivity index (χ4v) is 2.09. The molecule has 1 aliphatic rings. The Morgan fingerprint density at radius 1 is 1.40 bits per heavy atom. The number of carbonyl (C=O) groups is 1. The third kappa shape index (κ3) is 2.31. The van der Waals surface area contributed by atoms with E-state index < -0.39 is 0 Å². The van der Waals surface area contributed by atoms with Gasteiger partial charge in [0.1, 0.15) is 0 Å². The van der Waals surface area contributed by atoms with Crippen LogP contribution in [0.5, 0.6) is 0 Å². The Labute approximate surface area is 93.9 Å². The number of rotatable bonds is 2. The standard InChI is InChI=1S/C11H14N2OS/c1-15-10-5-4-9(8-12-10)11(14)13-6-2-3-7-13/h4-5,8H,2-3,6-7H2,1H3. The lowest BCUT2D eigenvalue weighted by atomic mass is 10.2. The van der Waals surface area contributed by atoms with Crippen molar-refractivity contribution in [2.75, 3.05) is 19.3 Å². The van der Waals surface area contributed by atoms with Crippen molar-refractivity contribution in [3.8, 4) is 0 Å². The van der Waals surface area contributed by atoms with Crippen molar-refractivity contribution in [3.05, 3.63) is 23.9 Å². The fraction of sp³-hybridized carbons (Fsp3) is 0.455. The van der Waals surface area contributed by atoms with Gasteiger partial charge >= 0.3 is 0 Å². The van der Waals surface area contributed by atoms with Gasteiger partial charge in [0.2, 0.25) is 0 Å². The number of nitrogens with zero attached hydrogens (tertiary/aromatic N) is 2. The predicted molar refractivity (Wildman–Crippen MR) is 61.2 cm³/mol. The van der Waals surface area contributed by atoms with E-state index in [4.69, 9.17) is 0 Å². The van der Waals surface area contributed by atoms with Gasteiger partial charge in [-0.1, -0.05) is 0 Å². The van der Waals surface area contributed by atoms with Gasteiger partial charge in [-0.05, 0) is 31.2 Å². The number of thioether (sulfide) groups is 1. The molecule has 0 bridgehead atoms. The SMILES string of the molecule is CSc1ccc(C(=O)N2CCCC2)cn1. The summed E-state index contributed by atoms with van der Waals surface area (Å²) in [6, 6.07) is 3.76. The zero-order chi connectivity index (χ0) is 10.7. The summed E-state index contributed by atoms with van der Waals surface area (Å²) in [5, 5.41) is 0.952. The van der Waals surface area contributed by atoms with E-state index in [0.717, 1.165) is 31.0 Å². The van der Waals surface area contributed by atoms with E-state index in [0.29, 0.717) is 5.56 Å². The predicted octanol–water partition coefficient (Wildman–Crippen LogP) is 2.04. The molecule has 80 valence electrons. The molecule has 1 aromatic rings. The number of pyridine rings is 1. The minimum atomic E-state index is 0.118. The molecule has 2 rings (SSSR count). The van der Waals surface area contributed by atoms with Gasteiger partial charge < -0.3 is 4.90 Å². The van der Waals surface area contributed by atoms with Crippen molar-refractivity contribution in [3.63, 3.8) is 0 Å². The second-order valence-electron chi connectivity index (χ2n) is 3.59. The Balaban J connectivity index is 2.11. The molecule has 0 atom stereocenters. The van der Waals surface area contributed by atoms with Crippen molar-refractivity contribution < 1.29 is 4.79 Å². The van der Waals surface area contributed by atoms with E-state index in [9.17, 15) is 4.79 Å². The van der Waals surface area contributed by atoms with Crippen LogP contribution in [-0.2, 0) is 0 Å². The molecular weight excluding hydrogens is 208 g/mol. The molecule has 0 aromatic carbocycles. The van der Waals surface area contributed by atoms with Crippen molar-refractivity contribution in [2.45, 2.75) is 17.9 Å². The van der Waals surface area contributed by atoms with E-state index >= 15 is 0 Å². The van der Waals surface area contributed by atoms with Crippen molar-refractivity contribution in [1.82, 2.24) is 9.88 Å². The third-order valence-corrected chi connectivity index (χ3v) is 3.25. The average molecular weight is 222 g/mol. The Morgan fingerprint density at radius 2 is 2.13 bits per heavy atom. The zero-order valence-corrected chi connectivity index (χ0v) is 9.59. The molecule has 15 heavy (non-hydrogen) atoms. The van der Waals surface area contributed by atoms with Gasteiger partial charge in [-0.3, -0.25) is 4.79 Å². The minimum absolute atomic E-state index is 0.118. The normalized spacial score (nSPS) is 15.7. The molecule has 0 spiro atoms. The van der Waals surface area contributed by atoms with Crippen molar-refractivity contribution in [2.24, 2.45) is 0 Å². The van der Waals surface area contributed by atoms with E-state index in [2.05, 4.69) is 4.98 Å². The molecule has 1 amide bonds. The molecule has 3 nitrogen and oxygen atoms in total. The van der Waals surface area contributed by atoms with Gasteiger partial charge in [0.25, 0.3) is 5.91 Å². The summed E-state index contributed by atoms with van der Waals surface area (Å²) in [4.78, 5) is 18.0. The van der Waals surface area contributed by atoms with E-state index in [1.807, 2.05) is 23.3 Å². The number of hydrogen-bond donors (Lipinski definition) is 0. The van der Waals surface area contributed by atoms with Crippen molar-refractivity contribution in [1.29, 1.82) is 0 Å². The summed E-state index contributed by atoms with van der Waals surface area (Å²) < 4.78 is 0. The number of hydrogen-bond acceptors (Lipinski definition) is 3. The highest BCUT2D eigenvalue weighted by molar-refractivity contribution is 7.98. The quantitative estimate of drug-likeness (QED) is 0.718. The molecule has 4 heteroatoms. The summed E-state index contributed by atoms with van der Waals surface area (Å²) in [5.74, 6) is 0.118. The lowest BCUT2D eigenvalue weighted by molar-refractivity contribution is 0.0792. The molecule has 1 saturated heterocycles. The summed E-state index contributed by atoms with van der Waals surface area (Å²) in [6.45, 7) is 1.78. The first-order valence-electron chi connectivity index (χ1n) is 5.10. The van der Waals surface area contributed by atoms with Crippen molar-refractivity contribution >= 4 is 17.7 Å². The minimum Gasteiger partial charge on any atom is -0.339 e. The van der Waals surface area contributed by atoms with Crippen LogP contribution >= 0.6 is 11.8 Å². The summed E-state index contributed by atoms with van der Waals surface area (Å²) in [6.07, 6.45) is 5.90. The van der Waals surface area contributed by atoms with E-state index in [-0.39, 0.29) is 5.91 Å². The van der Waals surface area contributed by atoms with Gasteiger partial charge in [-0.25, -0.2) is 4.98 Å². The zero-order valence-electron chi connectivity index (χ0n) is 8.77. The molecule has 2 heterocycles. The smallest absolute Gasteiger partial charge is 0.255 e. The lowest BCUT2D eigenvalue weighted by Crippen LogP contribution is -2.27. The van der Waals surface area contributed by atoms with Gasteiger partial charge in [0.15, 0.2) is 0 Å². The maximum Gasteiger partial charge on any atom is 0.255 e. The Bertz CT molecular complexity index is 344. The molecule has 0 radical (unpaired) electrons. The van der Waals surface area contributed by atoms with Crippen LogP contribution in [0.2, 0.25) is 0 Å². The van der Waals surface area contributed by atoms with Crippen LogP contribution in [0.15, 0.2) is 23.4 Å². The second kappa shape index (κ2) is 4.66. The largest absolute Gasteiger partial charge is 0.339 e. The highest BCUT2D eigenvalue weighted by Gasteiger charge is 2.19. The third-order valence-electron chi connectivity index (χ3n) is 2.59. The first-order chi connectivity index (χ1) is 7.31. The van der Waals surface area contributed by atoms with Crippen LogP contribution in [0.4, 0.5) is 0 Å². The average Bonchev–Trinajstić information content (AvgIpc) is 2.82. The molecule has 1 aromatic heterocycles. The second-order valence-corrected chi connectivity index (χ2v) is 4.42. The summed E-state index contributed by atoms with van der Waals surface area (Å²) in [5.41, 5.74) is 0.703. The van der Waals surface area contributed by atoms with Gasteiger partial charge in [-0.2, -0.15) is 0 Å². The number of likely N-dealkylation sites (tertiary alicyclic amines) is 1. The lowest BCUT2D eigenvalue weighted by Gasteiger charge is -2.14. The Hall–Kier alpha value is -1.03. The topological polar surface area (TPSA) is 33.2 Å². The first-order valence-corrected chi connectivity index (χ1v) is 6.33. The maximum absolute atomic E-state index is 11.9. The molecule has 1 fully saturated rings. The monoisotopic (exact) mass is 222 g/mol. The maximum atomic E-state index is 11.9.